The molecule has 5 nitrogen and oxygen atoms in total. The number of aliphatic hydroxyl groups excluding tert-OH is 1. The summed E-state index contributed by atoms with van der Waals surface area (Å²) in [5.41, 5.74) is 0. The minimum Gasteiger partial charge on any atom is -0.494 e. The fourth-order valence-electron chi connectivity index (χ4n) is 1.66. The highest BCUT2D eigenvalue weighted by Crippen LogP contribution is 2.07. The van der Waals surface area contributed by atoms with Crippen LogP contribution in [0.15, 0.2) is 30.3 Å². The highest BCUT2D eigenvalue weighted by atomic mass is 16.5. The van der Waals surface area contributed by atoms with Gasteiger partial charge in [0.25, 0.3) is 0 Å². The molecule has 1 rings (SSSR count). The van der Waals surface area contributed by atoms with Gasteiger partial charge in [0, 0.05) is 19.7 Å². The van der Waals surface area contributed by atoms with Crippen LogP contribution in [0.2, 0.25) is 0 Å². The largest absolute Gasteiger partial charge is 0.494 e. The number of unbranched alkanes of at least 4 members (excludes halogenated alkanes) is 2. The van der Waals surface area contributed by atoms with E-state index >= 15 is 0 Å². The Morgan fingerprint density at radius 1 is 1.00 bits per heavy atom. The Labute approximate surface area is 120 Å². The number of nitrogens with one attached hydrogen (secondary N) is 2. The fraction of sp³-hybridized carbons (Fsp3) is 0.533. The number of aliphatic hydroxyl groups is 1. The number of urea groups is 1. The van der Waals surface area contributed by atoms with E-state index in [9.17, 15) is 4.79 Å². The van der Waals surface area contributed by atoms with Crippen LogP contribution in [0, 0.1) is 0 Å². The molecule has 0 aliphatic carbocycles. The van der Waals surface area contributed by atoms with Crippen molar-refractivity contribution in [3.8, 4) is 5.75 Å². The second kappa shape index (κ2) is 11.1. The van der Waals surface area contributed by atoms with Crippen molar-refractivity contribution in [3.05, 3.63) is 30.3 Å². The van der Waals surface area contributed by atoms with E-state index in [0.717, 1.165) is 31.4 Å². The number of amides is 2. The topological polar surface area (TPSA) is 70.6 Å². The summed E-state index contributed by atoms with van der Waals surface area (Å²) >= 11 is 0. The van der Waals surface area contributed by atoms with Gasteiger partial charge in [0.2, 0.25) is 0 Å². The van der Waals surface area contributed by atoms with Crippen molar-refractivity contribution >= 4 is 6.03 Å². The van der Waals surface area contributed by atoms with Gasteiger partial charge in [-0.2, -0.15) is 0 Å². The van der Waals surface area contributed by atoms with Crippen molar-refractivity contribution < 1.29 is 14.6 Å². The molecule has 0 unspecified atom stereocenters. The van der Waals surface area contributed by atoms with Gasteiger partial charge < -0.3 is 20.5 Å². The van der Waals surface area contributed by atoms with Crippen molar-refractivity contribution in [2.24, 2.45) is 0 Å². The molecule has 0 spiro atoms. The van der Waals surface area contributed by atoms with Crippen LogP contribution >= 0.6 is 0 Å². The molecule has 0 aliphatic rings. The summed E-state index contributed by atoms with van der Waals surface area (Å²) in [6.45, 7) is 2.04. The van der Waals surface area contributed by atoms with E-state index in [-0.39, 0.29) is 12.6 Å². The van der Waals surface area contributed by atoms with E-state index in [1.807, 2.05) is 30.3 Å². The highest BCUT2D eigenvalue weighted by Gasteiger charge is 1.98. The maximum atomic E-state index is 11.4. The molecule has 5 heteroatoms. The molecule has 0 heterocycles. The molecule has 2 amide bonds. The Balaban J connectivity index is 1.91. The summed E-state index contributed by atoms with van der Waals surface area (Å²) in [5.74, 6) is 0.848. The fourth-order valence-corrected chi connectivity index (χ4v) is 1.66. The number of carbonyl (C=O) groups is 1. The zero-order valence-corrected chi connectivity index (χ0v) is 11.8. The van der Waals surface area contributed by atoms with Gasteiger partial charge >= 0.3 is 6.03 Å². The first kappa shape index (κ1) is 16.3. The number of carbonyl (C=O) groups excluding carboxylic acids is 1. The number of rotatable bonds is 10. The van der Waals surface area contributed by atoms with E-state index in [4.69, 9.17) is 9.84 Å². The Bertz CT molecular complexity index is 357. The molecule has 1 aromatic rings. The van der Waals surface area contributed by atoms with Crippen molar-refractivity contribution in [2.75, 3.05) is 26.3 Å². The number of para-hydroxylation sites is 1. The molecule has 3 N–H and O–H groups in total. The zero-order valence-electron chi connectivity index (χ0n) is 11.8. The summed E-state index contributed by atoms with van der Waals surface area (Å²) < 4.78 is 5.52. The minimum absolute atomic E-state index is 0.145. The first-order valence-corrected chi connectivity index (χ1v) is 7.13. The molecule has 0 aromatic heterocycles. The van der Waals surface area contributed by atoms with Crippen LogP contribution in [-0.2, 0) is 0 Å². The number of hydrogen-bond acceptors (Lipinski definition) is 3. The van der Waals surface area contributed by atoms with Gasteiger partial charge in [0.05, 0.1) is 6.61 Å². The minimum atomic E-state index is -0.145. The molecule has 0 saturated carbocycles. The normalized spacial score (nSPS) is 10.1. The quantitative estimate of drug-likeness (QED) is 0.573. The van der Waals surface area contributed by atoms with Gasteiger partial charge in [0.1, 0.15) is 5.75 Å². The average Bonchev–Trinajstić information content (AvgIpc) is 2.48. The van der Waals surface area contributed by atoms with Crippen molar-refractivity contribution in [1.29, 1.82) is 0 Å². The second-order valence-corrected chi connectivity index (χ2v) is 4.48. The van der Waals surface area contributed by atoms with Gasteiger partial charge in [-0.05, 0) is 37.8 Å². The molecule has 0 saturated heterocycles. The number of hydrogen-bond donors (Lipinski definition) is 3. The highest BCUT2D eigenvalue weighted by molar-refractivity contribution is 5.73. The molecule has 1 aromatic carbocycles. The van der Waals surface area contributed by atoms with E-state index in [1.165, 1.54) is 0 Å². The lowest BCUT2D eigenvalue weighted by Crippen LogP contribution is -2.36. The maximum Gasteiger partial charge on any atom is 0.314 e. The standard InChI is InChI=1S/C15H24N2O3/c18-12-6-2-5-10-16-15(19)17-11-7-13-20-14-8-3-1-4-9-14/h1,3-4,8-9,18H,2,5-7,10-13H2,(H2,16,17,19). The predicted octanol–water partition coefficient (Wildman–Crippen LogP) is 1.92. The van der Waals surface area contributed by atoms with Crippen LogP contribution in [0.5, 0.6) is 5.75 Å². The Kier molecular flexibility index (Phi) is 9.06. The predicted molar refractivity (Wildman–Crippen MR) is 78.9 cm³/mol. The molecule has 0 atom stereocenters. The number of benzene rings is 1. The summed E-state index contributed by atoms with van der Waals surface area (Å²) in [7, 11) is 0. The molecular weight excluding hydrogens is 256 g/mol. The summed E-state index contributed by atoms with van der Waals surface area (Å²) in [6.07, 6.45) is 3.39. The molecule has 0 fully saturated rings. The van der Waals surface area contributed by atoms with Gasteiger partial charge in [-0.25, -0.2) is 4.79 Å². The lowest BCUT2D eigenvalue weighted by molar-refractivity contribution is 0.238. The van der Waals surface area contributed by atoms with Crippen molar-refractivity contribution in [2.45, 2.75) is 25.7 Å². The van der Waals surface area contributed by atoms with Crippen LogP contribution in [0.1, 0.15) is 25.7 Å². The Morgan fingerprint density at radius 3 is 2.40 bits per heavy atom. The van der Waals surface area contributed by atoms with Crippen LogP contribution < -0.4 is 15.4 Å². The molecule has 112 valence electrons. The van der Waals surface area contributed by atoms with Crippen LogP contribution in [-0.4, -0.2) is 37.4 Å². The summed E-state index contributed by atoms with van der Waals surface area (Å²) in [5, 5.41) is 14.2. The zero-order chi connectivity index (χ0) is 14.5. The smallest absolute Gasteiger partial charge is 0.314 e. The van der Waals surface area contributed by atoms with Crippen LogP contribution in [0.4, 0.5) is 4.79 Å². The number of ether oxygens (including phenoxy) is 1. The van der Waals surface area contributed by atoms with Gasteiger partial charge in [-0.3, -0.25) is 0 Å². The monoisotopic (exact) mass is 280 g/mol. The second-order valence-electron chi connectivity index (χ2n) is 4.48. The Morgan fingerprint density at radius 2 is 1.70 bits per heavy atom. The summed E-state index contributed by atoms with van der Waals surface area (Å²) in [6, 6.07) is 9.47. The van der Waals surface area contributed by atoms with Crippen LogP contribution in [0.25, 0.3) is 0 Å². The molecule has 20 heavy (non-hydrogen) atoms. The summed E-state index contributed by atoms with van der Waals surface area (Å²) in [4.78, 5) is 11.4. The maximum absolute atomic E-state index is 11.4. The third-order valence-electron chi connectivity index (χ3n) is 2.74. The van der Waals surface area contributed by atoms with E-state index < -0.39 is 0 Å². The van der Waals surface area contributed by atoms with Gasteiger partial charge in [0.15, 0.2) is 0 Å². The average molecular weight is 280 g/mol. The molecule has 0 radical (unpaired) electrons. The molecule has 0 bridgehead atoms. The van der Waals surface area contributed by atoms with Crippen molar-refractivity contribution in [3.63, 3.8) is 0 Å². The molecular formula is C15H24N2O3. The van der Waals surface area contributed by atoms with Gasteiger partial charge in [-0.15, -0.1) is 0 Å². The van der Waals surface area contributed by atoms with Gasteiger partial charge in [-0.1, -0.05) is 18.2 Å². The first-order chi connectivity index (χ1) is 9.83. The third-order valence-corrected chi connectivity index (χ3v) is 2.74. The van der Waals surface area contributed by atoms with E-state index in [0.29, 0.717) is 19.7 Å². The first-order valence-electron chi connectivity index (χ1n) is 7.13. The SMILES string of the molecule is O=C(NCCCCCO)NCCCOc1ccccc1. The lowest BCUT2D eigenvalue weighted by Gasteiger charge is -2.08. The third kappa shape index (κ3) is 8.37. The van der Waals surface area contributed by atoms with Crippen molar-refractivity contribution in [1.82, 2.24) is 10.6 Å². The Hall–Kier alpha value is -1.75. The lowest BCUT2D eigenvalue weighted by atomic mass is 10.2. The van der Waals surface area contributed by atoms with E-state index in [1.54, 1.807) is 0 Å². The van der Waals surface area contributed by atoms with Crippen LogP contribution in [0.3, 0.4) is 0 Å². The van der Waals surface area contributed by atoms with E-state index in [2.05, 4.69) is 10.6 Å². The molecule has 0 aliphatic heterocycles.